The van der Waals surface area contributed by atoms with Gasteiger partial charge in [-0.3, -0.25) is 0 Å². The van der Waals surface area contributed by atoms with Crippen LogP contribution in [-0.2, 0) is 22.3 Å². The second-order valence-corrected chi connectivity index (χ2v) is 7.67. The summed E-state index contributed by atoms with van der Waals surface area (Å²) < 4.78 is 38.2. The van der Waals surface area contributed by atoms with E-state index in [0.29, 0.717) is 24.3 Å². The van der Waals surface area contributed by atoms with Gasteiger partial charge in [-0.25, -0.2) is 17.8 Å². The Hall–Kier alpha value is -1.14. The third-order valence-electron chi connectivity index (χ3n) is 3.68. The molecular weight excluding hydrogens is 303 g/mol. The Morgan fingerprint density at radius 1 is 1.45 bits per heavy atom. The first-order valence-corrected chi connectivity index (χ1v) is 8.75. The summed E-state index contributed by atoms with van der Waals surface area (Å²) in [6.45, 7) is 0.559. The Balaban J connectivity index is 1.98. The normalized spacial score (nSPS) is 21.6. The lowest BCUT2D eigenvalue weighted by atomic mass is 10.1. The predicted octanol–water partition coefficient (Wildman–Crippen LogP) is 2.35. The molecule has 7 heteroatoms. The summed E-state index contributed by atoms with van der Waals surface area (Å²) >= 11 is 5.89. The van der Waals surface area contributed by atoms with Crippen molar-refractivity contribution in [2.45, 2.75) is 18.8 Å². The molecule has 1 saturated heterocycles. The number of fused-ring (bicyclic) bond motifs is 1. The summed E-state index contributed by atoms with van der Waals surface area (Å²) in [5, 5.41) is 0. The molecular formula is C13H14ClFN2O2S. The van der Waals surface area contributed by atoms with Crippen LogP contribution >= 0.6 is 11.6 Å². The predicted molar refractivity (Wildman–Crippen MR) is 76.0 cm³/mol. The summed E-state index contributed by atoms with van der Waals surface area (Å²) in [4.78, 5) is 4.31. The smallest absolute Gasteiger partial charge is 0.150 e. The van der Waals surface area contributed by atoms with Gasteiger partial charge in [0.1, 0.15) is 11.6 Å². The number of hydrogen-bond donors (Lipinski definition) is 0. The van der Waals surface area contributed by atoms with Crippen molar-refractivity contribution < 1.29 is 12.8 Å². The highest BCUT2D eigenvalue weighted by atomic mass is 35.5. The lowest BCUT2D eigenvalue weighted by molar-refractivity contribution is 0.490. The maximum atomic E-state index is 13.2. The lowest BCUT2D eigenvalue weighted by Crippen LogP contribution is -2.14. The van der Waals surface area contributed by atoms with E-state index in [4.69, 9.17) is 11.6 Å². The van der Waals surface area contributed by atoms with Gasteiger partial charge in [-0.2, -0.15) is 0 Å². The average Bonchev–Trinajstić information content (AvgIpc) is 2.90. The van der Waals surface area contributed by atoms with Gasteiger partial charge in [0.15, 0.2) is 9.84 Å². The van der Waals surface area contributed by atoms with E-state index >= 15 is 0 Å². The van der Waals surface area contributed by atoms with Crippen LogP contribution in [0.3, 0.4) is 0 Å². The number of benzene rings is 1. The number of nitrogens with zero attached hydrogens (tertiary/aromatic N) is 2. The fourth-order valence-corrected chi connectivity index (χ4v) is 4.79. The van der Waals surface area contributed by atoms with Gasteiger partial charge < -0.3 is 4.57 Å². The van der Waals surface area contributed by atoms with Crippen molar-refractivity contribution in [3.63, 3.8) is 0 Å². The molecule has 108 valence electrons. The number of sulfone groups is 1. The summed E-state index contributed by atoms with van der Waals surface area (Å²) in [5.74, 6) is 1.05. The summed E-state index contributed by atoms with van der Waals surface area (Å²) in [5.41, 5.74) is 1.35. The van der Waals surface area contributed by atoms with Crippen molar-refractivity contribution >= 4 is 32.5 Å². The molecule has 1 aliphatic heterocycles. The van der Waals surface area contributed by atoms with Gasteiger partial charge >= 0.3 is 0 Å². The van der Waals surface area contributed by atoms with E-state index in [1.807, 2.05) is 4.57 Å². The van der Waals surface area contributed by atoms with Gasteiger partial charge in [0.25, 0.3) is 0 Å². The number of aromatic nitrogens is 2. The first-order chi connectivity index (χ1) is 9.48. The van der Waals surface area contributed by atoms with Gasteiger partial charge in [-0.1, -0.05) is 0 Å². The molecule has 0 radical (unpaired) electrons. The van der Waals surface area contributed by atoms with Crippen LogP contribution in [0.2, 0.25) is 0 Å². The van der Waals surface area contributed by atoms with Crippen LogP contribution in [0, 0.1) is 11.7 Å². The number of alkyl halides is 1. The van der Waals surface area contributed by atoms with Crippen LogP contribution in [0.1, 0.15) is 12.2 Å². The third kappa shape index (κ3) is 2.54. The Morgan fingerprint density at radius 3 is 2.90 bits per heavy atom. The molecule has 20 heavy (non-hydrogen) atoms. The van der Waals surface area contributed by atoms with Crippen LogP contribution in [0.4, 0.5) is 4.39 Å². The molecule has 0 spiro atoms. The SMILES string of the molecule is O=S1(=O)CCC(Cn2c(CCl)nc3cc(F)ccc32)C1. The second kappa shape index (κ2) is 5.00. The van der Waals surface area contributed by atoms with E-state index in [-0.39, 0.29) is 29.1 Å². The van der Waals surface area contributed by atoms with E-state index in [2.05, 4.69) is 4.98 Å². The van der Waals surface area contributed by atoms with Crippen molar-refractivity contribution in [3.05, 3.63) is 29.8 Å². The highest BCUT2D eigenvalue weighted by Crippen LogP contribution is 2.25. The Morgan fingerprint density at radius 2 is 2.25 bits per heavy atom. The van der Waals surface area contributed by atoms with Gasteiger partial charge in [-0.05, 0) is 24.5 Å². The zero-order chi connectivity index (χ0) is 14.3. The molecule has 0 bridgehead atoms. The number of halogens is 2. The van der Waals surface area contributed by atoms with Gasteiger partial charge in [0, 0.05) is 12.6 Å². The standard InChI is InChI=1S/C13H14ClFN2O2S/c14-6-13-16-11-5-10(15)1-2-12(11)17(13)7-9-3-4-20(18,19)8-9/h1-2,5,9H,3-4,6-8H2. The van der Waals surface area contributed by atoms with Gasteiger partial charge in [-0.15, -0.1) is 11.6 Å². The number of rotatable bonds is 3. The van der Waals surface area contributed by atoms with Crippen LogP contribution in [0.15, 0.2) is 18.2 Å². The van der Waals surface area contributed by atoms with E-state index in [1.165, 1.54) is 12.1 Å². The van der Waals surface area contributed by atoms with E-state index < -0.39 is 9.84 Å². The van der Waals surface area contributed by atoms with Crippen molar-refractivity contribution in [1.29, 1.82) is 0 Å². The quantitative estimate of drug-likeness (QED) is 0.817. The largest absolute Gasteiger partial charge is 0.327 e. The number of hydrogen-bond acceptors (Lipinski definition) is 3. The second-order valence-electron chi connectivity index (χ2n) is 5.17. The van der Waals surface area contributed by atoms with Crippen molar-refractivity contribution in [2.75, 3.05) is 11.5 Å². The summed E-state index contributed by atoms with van der Waals surface area (Å²) in [7, 11) is -2.90. The van der Waals surface area contributed by atoms with Crippen molar-refractivity contribution in [2.24, 2.45) is 5.92 Å². The maximum absolute atomic E-state index is 13.2. The molecule has 0 aliphatic carbocycles. The van der Waals surface area contributed by atoms with Crippen LogP contribution < -0.4 is 0 Å². The minimum absolute atomic E-state index is 0.0735. The zero-order valence-corrected chi connectivity index (χ0v) is 12.3. The molecule has 1 aromatic heterocycles. The van der Waals surface area contributed by atoms with Crippen molar-refractivity contribution in [3.8, 4) is 0 Å². The molecule has 1 aliphatic rings. The van der Waals surface area contributed by atoms with Crippen LogP contribution in [0.25, 0.3) is 11.0 Å². The monoisotopic (exact) mass is 316 g/mol. The Labute approximate surface area is 121 Å². The summed E-state index contributed by atoms with van der Waals surface area (Å²) in [6.07, 6.45) is 0.658. The average molecular weight is 317 g/mol. The first-order valence-electron chi connectivity index (χ1n) is 6.39. The Bertz CT molecular complexity index is 757. The minimum atomic E-state index is -2.90. The molecule has 1 atom stereocenters. The molecule has 2 aromatic rings. The van der Waals surface area contributed by atoms with Crippen LogP contribution in [-0.4, -0.2) is 29.5 Å². The fourth-order valence-electron chi connectivity index (χ4n) is 2.73. The third-order valence-corrected chi connectivity index (χ3v) is 5.75. The van der Waals surface area contributed by atoms with Gasteiger partial charge in [0.2, 0.25) is 0 Å². The van der Waals surface area contributed by atoms with Crippen molar-refractivity contribution in [1.82, 2.24) is 9.55 Å². The van der Waals surface area contributed by atoms with E-state index in [9.17, 15) is 12.8 Å². The maximum Gasteiger partial charge on any atom is 0.150 e. The molecule has 0 saturated carbocycles. The molecule has 4 nitrogen and oxygen atoms in total. The molecule has 1 aromatic carbocycles. The molecule has 2 heterocycles. The molecule has 0 amide bonds. The summed E-state index contributed by atoms with van der Waals surface area (Å²) in [6, 6.07) is 4.41. The zero-order valence-electron chi connectivity index (χ0n) is 10.7. The highest BCUT2D eigenvalue weighted by Gasteiger charge is 2.29. The Kier molecular flexibility index (Phi) is 3.46. The van der Waals surface area contributed by atoms with E-state index in [1.54, 1.807) is 6.07 Å². The minimum Gasteiger partial charge on any atom is -0.327 e. The van der Waals surface area contributed by atoms with E-state index in [0.717, 1.165) is 5.52 Å². The van der Waals surface area contributed by atoms with Crippen LogP contribution in [0.5, 0.6) is 0 Å². The molecule has 3 rings (SSSR count). The van der Waals surface area contributed by atoms with Gasteiger partial charge in [0.05, 0.1) is 28.4 Å². The topological polar surface area (TPSA) is 52.0 Å². The lowest BCUT2D eigenvalue weighted by Gasteiger charge is -2.12. The molecule has 1 unspecified atom stereocenters. The number of imidazole rings is 1. The first kappa shape index (κ1) is 13.8. The highest BCUT2D eigenvalue weighted by molar-refractivity contribution is 7.91. The molecule has 0 N–H and O–H groups in total. The molecule has 1 fully saturated rings. The fraction of sp³-hybridized carbons (Fsp3) is 0.462.